The molecule has 0 atom stereocenters. The molecule has 0 unspecified atom stereocenters. The number of rotatable bonds is 6. The molecule has 3 heterocycles. The Morgan fingerprint density at radius 3 is 1.73 bits per heavy atom. The van der Waals surface area contributed by atoms with E-state index in [1.54, 1.807) is 4.57 Å². The Morgan fingerprint density at radius 2 is 0.964 bits per heavy atom. The summed E-state index contributed by atoms with van der Waals surface area (Å²) in [5.41, 5.74) is 6.66. The van der Waals surface area contributed by atoms with E-state index < -0.39 is 48.3 Å². The molecule has 0 bridgehead atoms. The fourth-order valence-corrected chi connectivity index (χ4v) is 7.55. The van der Waals surface area contributed by atoms with Crippen molar-refractivity contribution in [3.05, 3.63) is 194 Å². The van der Waals surface area contributed by atoms with E-state index in [1.807, 2.05) is 146 Å². The third-order valence-electron chi connectivity index (χ3n) is 10.1. The molecule has 0 aliphatic rings. The molecule has 8 aromatic carbocycles. The van der Waals surface area contributed by atoms with Crippen molar-refractivity contribution in [1.82, 2.24) is 19.5 Å². The molecule has 0 radical (unpaired) electrons. The minimum absolute atomic E-state index is 0.0196. The van der Waals surface area contributed by atoms with Crippen LogP contribution in [0.2, 0.25) is 0 Å². The summed E-state index contributed by atoms with van der Waals surface area (Å²) in [6.07, 6.45) is 0. The molecule has 0 aliphatic carbocycles. The molecule has 11 rings (SSSR count). The quantitative estimate of drug-likeness (QED) is 0.171. The van der Waals surface area contributed by atoms with E-state index in [-0.39, 0.29) is 27.6 Å². The van der Waals surface area contributed by atoms with Crippen LogP contribution < -0.4 is 0 Å². The first-order valence-corrected chi connectivity index (χ1v) is 18.1. The first-order chi connectivity index (χ1) is 31.1. The molecule has 0 amide bonds. The van der Waals surface area contributed by atoms with Crippen LogP contribution in [0, 0.1) is 0 Å². The van der Waals surface area contributed by atoms with Gasteiger partial charge in [-0.25, -0.2) is 15.0 Å². The summed E-state index contributed by atoms with van der Waals surface area (Å²) in [6.45, 7) is 0. The second-order valence-electron chi connectivity index (χ2n) is 13.4. The van der Waals surface area contributed by atoms with E-state index in [4.69, 9.17) is 24.9 Å². The van der Waals surface area contributed by atoms with Crippen LogP contribution in [-0.4, -0.2) is 19.5 Å². The number of hydrogen-bond acceptors (Lipinski definition) is 4. The van der Waals surface area contributed by atoms with Crippen LogP contribution in [0.4, 0.5) is 0 Å². The predicted molar refractivity (Wildman–Crippen MR) is 229 cm³/mol. The highest BCUT2D eigenvalue weighted by atomic mass is 16.3. The van der Waals surface area contributed by atoms with Gasteiger partial charge in [0.2, 0.25) is 0 Å². The van der Waals surface area contributed by atoms with Crippen LogP contribution in [0.1, 0.15) is 11.0 Å². The van der Waals surface area contributed by atoms with Crippen molar-refractivity contribution in [2.75, 3.05) is 0 Å². The van der Waals surface area contributed by atoms with E-state index in [2.05, 4.69) is 0 Å². The van der Waals surface area contributed by atoms with Crippen LogP contribution in [-0.2, 0) is 0 Å². The molecule has 0 saturated carbocycles. The molecule has 0 spiro atoms. The van der Waals surface area contributed by atoms with Gasteiger partial charge < -0.3 is 8.98 Å². The van der Waals surface area contributed by atoms with Crippen molar-refractivity contribution in [3.63, 3.8) is 0 Å². The predicted octanol–water partition coefficient (Wildman–Crippen LogP) is 13.2. The topological polar surface area (TPSA) is 56.7 Å². The molecule has 0 saturated heterocycles. The number of furan rings is 1. The molecular weight excluding hydrogens is 685 g/mol. The monoisotopic (exact) mass is 724 g/mol. The summed E-state index contributed by atoms with van der Waals surface area (Å²) in [5.74, 6) is 0.903. The van der Waals surface area contributed by atoms with Crippen molar-refractivity contribution in [2.45, 2.75) is 0 Å². The van der Waals surface area contributed by atoms with E-state index in [0.717, 1.165) is 33.0 Å². The van der Waals surface area contributed by atoms with Gasteiger partial charge in [-0.2, -0.15) is 0 Å². The lowest BCUT2D eigenvalue weighted by atomic mass is 9.95. The lowest BCUT2D eigenvalue weighted by Crippen LogP contribution is -2.05. The van der Waals surface area contributed by atoms with Crippen LogP contribution in [0.25, 0.3) is 106 Å². The maximum atomic E-state index is 9.41. The summed E-state index contributed by atoms with van der Waals surface area (Å²) in [7, 11) is 0. The Hall–Kier alpha value is -7.63. The Kier molecular flexibility index (Phi) is 5.74. The third kappa shape index (κ3) is 5.29. The van der Waals surface area contributed by atoms with Gasteiger partial charge in [0.15, 0.2) is 17.5 Å². The smallest absolute Gasteiger partial charge is 0.166 e. The Balaban J connectivity index is 1.28. The molecule has 262 valence electrons. The van der Waals surface area contributed by atoms with Crippen LogP contribution in [0.5, 0.6) is 0 Å². The Morgan fingerprint density at radius 1 is 0.393 bits per heavy atom. The van der Waals surface area contributed by atoms with Gasteiger partial charge in [0.25, 0.3) is 0 Å². The van der Waals surface area contributed by atoms with Gasteiger partial charge in [0.05, 0.1) is 27.7 Å². The number of hydrogen-bond donors (Lipinski definition) is 0. The largest absolute Gasteiger partial charge is 0.456 e. The molecule has 5 nitrogen and oxygen atoms in total. The Labute approximate surface area is 334 Å². The zero-order valence-electron chi connectivity index (χ0n) is 37.6. The van der Waals surface area contributed by atoms with Gasteiger partial charge in [-0.15, -0.1) is 0 Å². The van der Waals surface area contributed by atoms with E-state index in [1.165, 1.54) is 0 Å². The fourth-order valence-electron chi connectivity index (χ4n) is 7.55. The van der Waals surface area contributed by atoms with Gasteiger partial charge in [-0.1, -0.05) is 152 Å². The highest BCUT2D eigenvalue weighted by molar-refractivity contribution is 6.10. The van der Waals surface area contributed by atoms with Crippen molar-refractivity contribution >= 4 is 43.7 Å². The second kappa shape index (κ2) is 13.0. The molecule has 5 heteroatoms. The molecular formula is C51H32N4O. The molecule has 0 aliphatic heterocycles. The average Bonchev–Trinajstić information content (AvgIpc) is 3.90. The molecule has 0 fully saturated rings. The molecule has 3 aromatic heterocycles. The van der Waals surface area contributed by atoms with Crippen molar-refractivity contribution < 1.29 is 15.4 Å². The summed E-state index contributed by atoms with van der Waals surface area (Å²) in [6, 6.07) is 42.7. The maximum absolute atomic E-state index is 9.41. The number of fused-ring (bicyclic) bond motifs is 6. The van der Waals surface area contributed by atoms with Gasteiger partial charge in [0, 0.05) is 43.8 Å². The minimum atomic E-state index is -0.524. The Bertz CT molecular complexity index is 3640. The summed E-state index contributed by atoms with van der Waals surface area (Å²) in [5, 5.41) is 1.84. The van der Waals surface area contributed by atoms with Crippen molar-refractivity contribution in [2.24, 2.45) is 0 Å². The third-order valence-corrected chi connectivity index (χ3v) is 10.1. The second-order valence-corrected chi connectivity index (χ2v) is 13.4. The van der Waals surface area contributed by atoms with Crippen molar-refractivity contribution in [3.8, 4) is 62.1 Å². The average molecular weight is 725 g/mol. The zero-order chi connectivity index (χ0) is 44.0. The summed E-state index contributed by atoms with van der Waals surface area (Å²) < 4.78 is 80.2. The SMILES string of the molecule is [2H]c1c([2H])c([2H])c2c(c1[2H])c1c([2H])c([2H])c([2H])c([2H])c1n2-c1c(-c2cccc(-c3ccccc3)c2)cccc1-c1nc(-c2ccccc2)nc(-c2ccc3c(c2)oc2ccccc23)n1. The fraction of sp³-hybridized carbons (Fsp3) is 0. The van der Waals surface area contributed by atoms with Crippen LogP contribution in [0.15, 0.2) is 198 Å². The van der Waals surface area contributed by atoms with Gasteiger partial charge in [0.1, 0.15) is 11.2 Å². The highest BCUT2D eigenvalue weighted by Crippen LogP contribution is 2.42. The van der Waals surface area contributed by atoms with E-state index in [0.29, 0.717) is 45.2 Å². The van der Waals surface area contributed by atoms with Gasteiger partial charge in [-0.3, -0.25) is 0 Å². The van der Waals surface area contributed by atoms with Gasteiger partial charge >= 0.3 is 0 Å². The standard InChI is InChI=1S/C51H32N4O/c1-3-15-33(16-4-1)35-19-13-20-36(31-35)38-24-14-25-43(48(38)55-44-26-10-7-21-39(44)40-22-8-11-27-45(40)55)51-53-49(34-17-5-2-6-18-34)52-50(54-51)37-29-30-42-41-23-9-12-28-46(41)56-47(42)32-37/h1-32H/i7D,8D,10D,11D,21D,22D,26D,27D. The maximum Gasteiger partial charge on any atom is 0.166 e. The first-order valence-electron chi connectivity index (χ1n) is 22.1. The lowest BCUT2D eigenvalue weighted by Gasteiger charge is -2.19. The van der Waals surface area contributed by atoms with E-state index >= 15 is 0 Å². The van der Waals surface area contributed by atoms with E-state index in [9.17, 15) is 5.48 Å². The number of benzene rings is 8. The number of nitrogens with zero attached hydrogens (tertiary/aromatic N) is 4. The molecule has 11 aromatic rings. The van der Waals surface area contributed by atoms with Crippen LogP contribution in [0.3, 0.4) is 0 Å². The van der Waals surface area contributed by atoms with Gasteiger partial charge in [-0.05, 0) is 59.1 Å². The van der Waals surface area contributed by atoms with Crippen LogP contribution >= 0.6 is 0 Å². The highest BCUT2D eigenvalue weighted by Gasteiger charge is 2.23. The summed E-state index contributed by atoms with van der Waals surface area (Å²) in [4.78, 5) is 15.3. The molecule has 56 heavy (non-hydrogen) atoms. The van der Waals surface area contributed by atoms with Crippen molar-refractivity contribution in [1.29, 1.82) is 0 Å². The normalized spacial score (nSPS) is 13.6. The lowest BCUT2D eigenvalue weighted by molar-refractivity contribution is 0.669. The minimum Gasteiger partial charge on any atom is -0.456 e. The number of aromatic nitrogens is 4. The zero-order valence-corrected chi connectivity index (χ0v) is 29.6. The summed E-state index contributed by atoms with van der Waals surface area (Å²) >= 11 is 0. The molecule has 0 N–H and O–H groups in total. The number of para-hydroxylation sites is 4. The first kappa shape index (κ1) is 24.6.